The molecule has 0 aromatic heterocycles. The van der Waals surface area contributed by atoms with Gasteiger partial charge in [0, 0.05) is 0 Å². The van der Waals surface area contributed by atoms with Gasteiger partial charge in [0.05, 0.1) is 29.7 Å². The Balaban J connectivity index is 1.52. The van der Waals surface area contributed by atoms with E-state index < -0.39 is 42.8 Å². The lowest BCUT2D eigenvalue weighted by molar-refractivity contribution is -0.154. The Morgan fingerprint density at radius 3 is 2.30 bits per heavy atom. The minimum Gasteiger partial charge on any atom is -0.462 e. The van der Waals surface area contributed by atoms with Crippen LogP contribution in [0.2, 0.25) is 0 Å². The Bertz CT molecular complexity index is 882. The molecule has 1 heterocycles. The Kier molecular flexibility index (Phi) is 6.61. The van der Waals surface area contributed by atoms with Crippen LogP contribution in [0.4, 0.5) is 5.69 Å². The average molecular weight is 414 g/mol. The van der Waals surface area contributed by atoms with Crippen molar-refractivity contribution in [1.29, 1.82) is 0 Å². The van der Waals surface area contributed by atoms with Crippen molar-refractivity contribution >= 4 is 35.3 Å². The van der Waals surface area contributed by atoms with Gasteiger partial charge in [-0.3, -0.25) is 24.1 Å². The number of nitrogens with zero attached hydrogens (tertiary/aromatic N) is 1. The third kappa shape index (κ3) is 4.56. The highest BCUT2D eigenvalue weighted by Crippen LogP contribution is 2.34. The molecule has 3 amide bonds. The van der Waals surface area contributed by atoms with Crippen molar-refractivity contribution in [3.05, 3.63) is 42.0 Å². The summed E-state index contributed by atoms with van der Waals surface area (Å²) in [6, 6.07) is 6.27. The number of nitrogens with one attached hydrogen (secondary N) is 1. The molecular weight excluding hydrogens is 392 g/mol. The van der Waals surface area contributed by atoms with E-state index in [0.717, 1.165) is 4.90 Å². The number of carbonyl (C=O) groups excluding carboxylic acids is 5. The molecule has 3 rings (SSSR count). The van der Waals surface area contributed by atoms with Crippen molar-refractivity contribution in [2.75, 3.05) is 25.1 Å². The summed E-state index contributed by atoms with van der Waals surface area (Å²) in [5.74, 6) is -3.77. The number of para-hydroxylation sites is 1. The summed E-state index contributed by atoms with van der Waals surface area (Å²) in [6.07, 6.45) is 4.66. The van der Waals surface area contributed by atoms with Crippen LogP contribution in [0.25, 0.3) is 0 Å². The Morgan fingerprint density at radius 1 is 1.03 bits per heavy atom. The summed E-state index contributed by atoms with van der Waals surface area (Å²) in [6.45, 7) is 0.697. The molecule has 1 fully saturated rings. The van der Waals surface area contributed by atoms with Crippen LogP contribution in [0, 0.1) is 11.8 Å². The minimum atomic E-state index is -0.864. The molecule has 1 aromatic carbocycles. The molecule has 1 N–H and O–H groups in total. The monoisotopic (exact) mass is 414 g/mol. The number of fused-ring (bicyclic) bond motifs is 1. The second-order valence-corrected chi connectivity index (χ2v) is 6.89. The highest BCUT2D eigenvalue weighted by molar-refractivity contribution is 6.07. The number of benzene rings is 1. The fraction of sp³-hybridized carbons (Fsp3) is 0.381. The number of amides is 3. The fourth-order valence-electron chi connectivity index (χ4n) is 3.51. The quantitative estimate of drug-likeness (QED) is 0.406. The highest BCUT2D eigenvalue weighted by atomic mass is 16.5. The van der Waals surface area contributed by atoms with Crippen molar-refractivity contribution in [1.82, 2.24) is 4.90 Å². The molecule has 1 aliphatic heterocycles. The molecule has 1 saturated heterocycles. The molecule has 0 spiro atoms. The van der Waals surface area contributed by atoms with Crippen molar-refractivity contribution in [2.24, 2.45) is 11.8 Å². The molecule has 0 radical (unpaired) electrons. The zero-order valence-corrected chi connectivity index (χ0v) is 16.5. The molecule has 158 valence electrons. The maximum Gasteiger partial charge on any atom is 0.340 e. The van der Waals surface area contributed by atoms with Crippen LogP contribution >= 0.6 is 0 Å². The van der Waals surface area contributed by atoms with Gasteiger partial charge >= 0.3 is 11.9 Å². The van der Waals surface area contributed by atoms with Gasteiger partial charge in [-0.25, -0.2) is 4.79 Å². The third-order valence-corrected chi connectivity index (χ3v) is 4.95. The number of likely N-dealkylation sites (tertiary alicyclic amines) is 1. The molecule has 0 saturated carbocycles. The summed E-state index contributed by atoms with van der Waals surface area (Å²) < 4.78 is 9.84. The van der Waals surface area contributed by atoms with Crippen molar-refractivity contribution < 1.29 is 33.4 Å². The average Bonchev–Trinajstić information content (AvgIpc) is 2.98. The number of rotatable bonds is 7. The van der Waals surface area contributed by atoms with Gasteiger partial charge in [0.25, 0.3) is 5.91 Å². The summed E-state index contributed by atoms with van der Waals surface area (Å²) in [4.78, 5) is 61.8. The fourth-order valence-corrected chi connectivity index (χ4v) is 3.51. The van der Waals surface area contributed by atoms with Crippen LogP contribution in [0.5, 0.6) is 0 Å². The first-order chi connectivity index (χ1) is 14.4. The van der Waals surface area contributed by atoms with Crippen LogP contribution in [0.3, 0.4) is 0 Å². The number of anilines is 1. The summed E-state index contributed by atoms with van der Waals surface area (Å²) >= 11 is 0. The van der Waals surface area contributed by atoms with Gasteiger partial charge in [-0.1, -0.05) is 24.3 Å². The van der Waals surface area contributed by atoms with E-state index in [0.29, 0.717) is 12.8 Å². The van der Waals surface area contributed by atoms with E-state index in [1.807, 2.05) is 12.2 Å². The molecular formula is C21H22N2O7. The molecule has 1 aliphatic carbocycles. The first-order valence-electron chi connectivity index (χ1n) is 9.64. The van der Waals surface area contributed by atoms with Gasteiger partial charge in [0.1, 0.15) is 6.54 Å². The lowest BCUT2D eigenvalue weighted by Crippen LogP contribution is -2.37. The lowest BCUT2D eigenvalue weighted by Gasteiger charge is -2.14. The van der Waals surface area contributed by atoms with Crippen LogP contribution in [0.15, 0.2) is 36.4 Å². The van der Waals surface area contributed by atoms with E-state index in [4.69, 9.17) is 9.47 Å². The molecule has 9 nitrogen and oxygen atoms in total. The second kappa shape index (κ2) is 9.34. The Hall–Kier alpha value is -3.49. The number of hydrogen-bond acceptors (Lipinski definition) is 7. The van der Waals surface area contributed by atoms with Crippen molar-refractivity contribution in [3.8, 4) is 0 Å². The predicted octanol–water partition coefficient (Wildman–Crippen LogP) is 1.30. The normalized spacial score (nSPS) is 20.0. The van der Waals surface area contributed by atoms with Gasteiger partial charge < -0.3 is 14.8 Å². The number of imide groups is 1. The minimum absolute atomic E-state index is 0.170. The van der Waals surface area contributed by atoms with Gasteiger partial charge in [0.15, 0.2) is 6.61 Å². The Morgan fingerprint density at radius 2 is 1.67 bits per heavy atom. The first kappa shape index (κ1) is 21.2. The molecule has 30 heavy (non-hydrogen) atoms. The van der Waals surface area contributed by atoms with Crippen LogP contribution in [-0.2, 0) is 28.7 Å². The molecule has 2 aliphatic rings. The highest BCUT2D eigenvalue weighted by Gasteiger charge is 2.47. The zero-order valence-electron chi connectivity index (χ0n) is 16.5. The smallest absolute Gasteiger partial charge is 0.340 e. The van der Waals surface area contributed by atoms with Crippen molar-refractivity contribution in [2.45, 2.75) is 19.8 Å². The first-order valence-corrected chi connectivity index (χ1v) is 9.64. The SMILES string of the molecule is CCOC(=O)c1ccccc1NC(=O)COC(=O)CN1C(=O)[C@H]2CC=CC[C@H]2C1=O. The van der Waals surface area contributed by atoms with E-state index >= 15 is 0 Å². The molecule has 1 aromatic rings. The topological polar surface area (TPSA) is 119 Å². The largest absolute Gasteiger partial charge is 0.462 e. The number of allylic oxidation sites excluding steroid dienone is 2. The van der Waals surface area contributed by atoms with E-state index in [-0.39, 0.29) is 29.7 Å². The summed E-state index contributed by atoms with van der Waals surface area (Å²) in [5, 5.41) is 2.48. The Labute approximate surface area is 173 Å². The van der Waals surface area contributed by atoms with E-state index in [1.54, 1.807) is 19.1 Å². The third-order valence-electron chi connectivity index (χ3n) is 4.95. The van der Waals surface area contributed by atoms with Crippen LogP contribution in [0.1, 0.15) is 30.1 Å². The maximum absolute atomic E-state index is 12.4. The van der Waals surface area contributed by atoms with E-state index in [1.165, 1.54) is 12.1 Å². The summed E-state index contributed by atoms with van der Waals surface area (Å²) in [7, 11) is 0. The van der Waals surface area contributed by atoms with Gasteiger partial charge in [-0.05, 0) is 31.9 Å². The number of ether oxygens (including phenoxy) is 2. The van der Waals surface area contributed by atoms with Crippen molar-refractivity contribution in [3.63, 3.8) is 0 Å². The molecule has 9 heteroatoms. The van der Waals surface area contributed by atoms with Gasteiger partial charge in [-0.15, -0.1) is 0 Å². The van der Waals surface area contributed by atoms with Gasteiger partial charge in [0.2, 0.25) is 11.8 Å². The predicted molar refractivity (Wildman–Crippen MR) is 104 cm³/mol. The lowest BCUT2D eigenvalue weighted by atomic mass is 9.85. The number of hydrogen-bond donors (Lipinski definition) is 1. The number of carbonyl (C=O) groups is 5. The maximum atomic E-state index is 12.4. The van der Waals surface area contributed by atoms with E-state index in [2.05, 4.69) is 5.32 Å². The molecule has 0 unspecified atom stereocenters. The van der Waals surface area contributed by atoms with Crippen LogP contribution in [-0.4, -0.2) is 54.3 Å². The summed E-state index contributed by atoms with van der Waals surface area (Å²) in [5.41, 5.74) is 0.391. The zero-order chi connectivity index (χ0) is 21.7. The molecule has 0 bridgehead atoms. The number of esters is 2. The molecule has 2 atom stereocenters. The van der Waals surface area contributed by atoms with Gasteiger partial charge in [-0.2, -0.15) is 0 Å². The van der Waals surface area contributed by atoms with Crippen LogP contribution < -0.4 is 5.32 Å². The second-order valence-electron chi connectivity index (χ2n) is 6.89. The van der Waals surface area contributed by atoms with E-state index in [9.17, 15) is 24.0 Å². The standard InChI is InChI=1S/C21H22N2O7/c1-2-29-21(28)15-9-5-6-10-16(15)22-17(24)12-30-18(25)11-23-19(26)13-7-3-4-8-14(13)20(23)27/h3-6,9-10,13-14H,2,7-8,11-12H2,1H3,(H,22,24)/t13-,14+.